The van der Waals surface area contributed by atoms with Gasteiger partial charge in [0, 0.05) is 12.1 Å². The third-order valence-electron chi connectivity index (χ3n) is 2.52. The molecule has 0 bridgehead atoms. The predicted octanol–water partition coefficient (Wildman–Crippen LogP) is 2.19. The maximum Gasteiger partial charge on any atom is 0.325 e. The number of nitro benzene ring substituents is 1. The molecule has 7 nitrogen and oxygen atoms in total. The minimum Gasteiger partial charge on any atom is -0.468 e. The van der Waals surface area contributed by atoms with E-state index >= 15 is 0 Å². The number of ether oxygens (including phenoxy) is 2. The second-order valence-electron chi connectivity index (χ2n) is 5.34. The molecule has 0 spiro atoms. The van der Waals surface area contributed by atoms with Crippen molar-refractivity contribution in [2.45, 2.75) is 32.3 Å². The van der Waals surface area contributed by atoms with E-state index in [0.29, 0.717) is 0 Å². The van der Waals surface area contributed by atoms with Crippen molar-refractivity contribution in [1.29, 1.82) is 0 Å². The number of non-ortho nitro benzene ring substituents is 1. The van der Waals surface area contributed by atoms with Crippen molar-refractivity contribution in [2.24, 2.45) is 0 Å². The summed E-state index contributed by atoms with van der Waals surface area (Å²) < 4.78 is 9.79. The Kier molecular flexibility index (Phi) is 5.02. The average molecular weight is 295 g/mol. The number of carbonyl (C=O) groups is 2. The summed E-state index contributed by atoms with van der Waals surface area (Å²) in [5.74, 6) is -2.81. The van der Waals surface area contributed by atoms with Crippen LogP contribution >= 0.6 is 0 Å². The van der Waals surface area contributed by atoms with Crippen molar-refractivity contribution in [3.8, 4) is 0 Å². The molecule has 0 saturated carbocycles. The van der Waals surface area contributed by atoms with Gasteiger partial charge in [-0.1, -0.05) is 12.1 Å². The average Bonchev–Trinajstić information content (AvgIpc) is 2.37. The van der Waals surface area contributed by atoms with Crippen LogP contribution in [0.2, 0.25) is 0 Å². The monoisotopic (exact) mass is 295 g/mol. The van der Waals surface area contributed by atoms with Crippen LogP contribution in [0, 0.1) is 10.1 Å². The molecule has 0 amide bonds. The Balaban J connectivity index is 3.11. The maximum atomic E-state index is 12.1. The number of hydrogen-bond acceptors (Lipinski definition) is 6. The van der Waals surface area contributed by atoms with E-state index in [0.717, 1.165) is 7.11 Å². The van der Waals surface area contributed by atoms with E-state index in [1.807, 2.05) is 0 Å². The lowest BCUT2D eigenvalue weighted by molar-refractivity contribution is -0.384. The molecule has 1 atom stereocenters. The Hall–Kier alpha value is -2.44. The molecule has 21 heavy (non-hydrogen) atoms. The SMILES string of the molecule is COC(=O)C(C(=O)OC(C)(C)C)c1ccc([N+](=O)[O-])cc1. The summed E-state index contributed by atoms with van der Waals surface area (Å²) in [6.07, 6.45) is 0. The van der Waals surface area contributed by atoms with Crippen LogP contribution in [0.5, 0.6) is 0 Å². The number of nitrogens with zero attached hydrogens (tertiary/aromatic N) is 1. The summed E-state index contributed by atoms with van der Waals surface area (Å²) in [7, 11) is 1.16. The third-order valence-corrected chi connectivity index (χ3v) is 2.52. The van der Waals surface area contributed by atoms with Gasteiger partial charge in [0.2, 0.25) is 0 Å². The molecule has 0 fully saturated rings. The lowest BCUT2D eigenvalue weighted by atomic mass is 9.98. The number of rotatable bonds is 4. The van der Waals surface area contributed by atoms with Crippen LogP contribution in [-0.4, -0.2) is 29.6 Å². The van der Waals surface area contributed by atoms with Gasteiger partial charge in [-0.3, -0.25) is 19.7 Å². The smallest absolute Gasteiger partial charge is 0.325 e. The molecule has 0 aromatic heterocycles. The van der Waals surface area contributed by atoms with E-state index in [-0.39, 0.29) is 11.3 Å². The highest BCUT2D eigenvalue weighted by molar-refractivity contribution is 6.00. The largest absolute Gasteiger partial charge is 0.468 e. The highest BCUT2D eigenvalue weighted by Gasteiger charge is 2.34. The molecule has 1 aromatic rings. The molecular formula is C14H17NO6. The van der Waals surface area contributed by atoms with Gasteiger partial charge < -0.3 is 9.47 Å². The first-order valence-electron chi connectivity index (χ1n) is 6.21. The van der Waals surface area contributed by atoms with Crippen molar-refractivity contribution in [2.75, 3.05) is 7.11 Å². The number of esters is 2. The summed E-state index contributed by atoms with van der Waals surface area (Å²) in [6, 6.07) is 5.11. The maximum absolute atomic E-state index is 12.1. The number of nitro groups is 1. The second kappa shape index (κ2) is 6.34. The van der Waals surface area contributed by atoms with Gasteiger partial charge in [0.1, 0.15) is 5.60 Å². The van der Waals surface area contributed by atoms with Crippen molar-refractivity contribution in [3.63, 3.8) is 0 Å². The molecule has 0 radical (unpaired) electrons. The summed E-state index contributed by atoms with van der Waals surface area (Å²) in [4.78, 5) is 34.0. The zero-order valence-corrected chi connectivity index (χ0v) is 12.3. The fraction of sp³-hybridized carbons (Fsp3) is 0.429. The van der Waals surface area contributed by atoms with Gasteiger partial charge in [0.25, 0.3) is 5.69 Å². The Morgan fingerprint density at radius 3 is 2.05 bits per heavy atom. The van der Waals surface area contributed by atoms with Crippen molar-refractivity contribution in [3.05, 3.63) is 39.9 Å². The summed E-state index contributed by atoms with van der Waals surface area (Å²) in [5.41, 5.74) is -0.613. The molecule has 1 rings (SSSR count). The Morgan fingerprint density at radius 2 is 1.67 bits per heavy atom. The minimum atomic E-state index is -1.27. The Bertz CT molecular complexity index is 544. The van der Waals surface area contributed by atoms with Crippen LogP contribution < -0.4 is 0 Å². The predicted molar refractivity (Wildman–Crippen MR) is 73.7 cm³/mol. The number of hydrogen-bond donors (Lipinski definition) is 0. The van der Waals surface area contributed by atoms with Crippen LogP contribution in [0.3, 0.4) is 0 Å². The van der Waals surface area contributed by atoms with Crippen LogP contribution in [0.4, 0.5) is 5.69 Å². The quantitative estimate of drug-likeness (QED) is 0.365. The first-order chi connectivity index (χ1) is 9.65. The van der Waals surface area contributed by atoms with Crippen LogP contribution in [0.1, 0.15) is 32.3 Å². The van der Waals surface area contributed by atoms with Crippen molar-refractivity contribution < 1.29 is 24.0 Å². The van der Waals surface area contributed by atoms with Crippen LogP contribution in [0.15, 0.2) is 24.3 Å². The fourth-order valence-corrected chi connectivity index (χ4v) is 1.64. The highest BCUT2D eigenvalue weighted by Crippen LogP contribution is 2.24. The van der Waals surface area contributed by atoms with Crippen molar-refractivity contribution >= 4 is 17.6 Å². The Morgan fingerprint density at radius 1 is 1.14 bits per heavy atom. The van der Waals surface area contributed by atoms with Gasteiger partial charge in [-0.15, -0.1) is 0 Å². The summed E-state index contributed by atoms with van der Waals surface area (Å²) >= 11 is 0. The second-order valence-corrected chi connectivity index (χ2v) is 5.34. The molecule has 7 heteroatoms. The number of methoxy groups -OCH3 is 1. The lowest BCUT2D eigenvalue weighted by Gasteiger charge is -2.23. The number of carbonyl (C=O) groups excluding carboxylic acids is 2. The van der Waals surface area contributed by atoms with Gasteiger partial charge in [-0.2, -0.15) is 0 Å². The van der Waals surface area contributed by atoms with E-state index in [1.54, 1.807) is 20.8 Å². The fourth-order valence-electron chi connectivity index (χ4n) is 1.64. The van der Waals surface area contributed by atoms with E-state index in [1.165, 1.54) is 24.3 Å². The molecule has 0 N–H and O–H groups in total. The minimum absolute atomic E-state index is 0.133. The normalized spacial score (nSPS) is 12.4. The highest BCUT2D eigenvalue weighted by atomic mass is 16.6. The molecule has 1 unspecified atom stereocenters. The topological polar surface area (TPSA) is 95.7 Å². The van der Waals surface area contributed by atoms with Gasteiger partial charge in [-0.05, 0) is 26.3 Å². The van der Waals surface area contributed by atoms with E-state index in [2.05, 4.69) is 4.74 Å². The number of benzene rings is 1. The van der Waals surface area contributed by atoms with Gasteiger partial charge in [0.15, 0.2) is 5.92 Å². The molecule has 114 valence electrons. The lowest BCUT2D eigenvalue weighted by Crippen LogP contribution is -2.32. The first-order valence-corrected chi connectivity index (χ1v) is 6.21. The van der Waals surface area contributed by atoms with E-state index < -0.39 is 28.4 Å². The first kappa shape index (κ1) is 16.6. The molecule has 0 heterocycles. The third kappa shape index (κ3) is 4.55. The molecule has 0 aliphatic rings. The Labute approximate surface area is 122 Å². The van der Waals surface area contributed by atoms with E-state index in [9.17, 15) is 19.7 Å². The van der Waals surface area contributed by atoms with Crippen LogP contribution in [0.25, 0.3) is 0 Å². The van der Waals surface area contributed by atoms with Crippen molar-refractivity contribution in [1.82, 2.24) is 0 Å². The standard InChI is InChI=1S/C14H17NO6/c1-14(2,3)21-13(17)11(12(16)20-4)9-5-7-10(8-6-9)15(18)19/h5-8,11H,1-4H3. The molecule has 1 aromatic carbocycles. The molecular weight excluding hydrogens is 278 g/mol. The van der Waals surface area contributed by atoms with Gasteiger partial charge in [0.05, 0.1) is 12.0 Å². The van der Waals surface area contributed by atoms with Crippen LogP contribution in [-0.2, 0) is 19.1 Å². The zero-order chi connectivity index (χ0) is 16.2. The zero-order valence-electron chi connectivity index (χ0n) is 12.3. The molecule has 0 aliphatic carbocycles. The van der Waals surface area contributed by atoms with E-state index in [4.69, 9.17) is 4.74 Å². The molecule has 0 saturated heterocycles. The summed E-state index contributed by atoms with van der Waals surface area (Å²) in [5, 5.41) is 10.6. The molecule has 0 aliphatic heterocycles. The van der Waals surface area contributed by atoms with Gasteiger partial charge in [-0.25, -0.2) is 0 Å². The summed E-state index contributed by atoms with van der Waals surface area (Å²) in [6.45, 7) is 5.03. The van der Waals surface area contributed by atoms with Gasteiger partial charge >= 0.3 is 11.9 Å².